The molecule has 32 heavy (non-hydrogen) atoms. The van der Waals surface area contributed by atoms with Crippen molar-refractivity contribution in [1.82, 2.24) is 14.9 Å². The predicted molar refractivity (Wildman–Crippen MR) is 129 cm³/mol. The van der Waals surface area contributed by atoms with Crippen LogP contribution in [0.3, 0.4) is 0 Å². The summed E-state index contributed by atoms with van der Waals surface area (Å²) in [5.41, 5.74) is 4.78. The van der Waals surface area contributed by atoms with Crippen molar-refractivity contribution in [3.63, 3.8) is 0 Å². The zero-order chi connectivity index (χ0) is 22.8. The number of para-hydroxylation sites is 1. The summed E-state index contributed by atoms with van der Waals surface area (Å²) in [6, 6.07) is 17.6. The van der Waals surface area contributed by atoms with Gasteiger partial charge in [-0.05, 0) is 31.0 Å². The SMILES string of the molecule is CCc1ccc(-c2cc(C(=O)Nc3nc(C)c(C(=O)N(C)C)s3)c3ccccc3n2)cc1. The van der Waals surface area contributed by atoms with Gasteiger partial charge in [0.2, 0.25) is 0 Å². The molecule has 0 aliphatic carbocycles. The molecular formula is C25H24N4O2S. The number of anilines is 1. The highest BCUT2D eigenvalue weighted by molar-refractivity contribution is 7.17. The lowest BCUT2D eigenvalue weighted by atomic mass is 10.0. The monoisotopic (exact) mass is 444 g/mol. The third-order valence-electron chi connectivity index (χ3n) is 5.24. The van der Waals surface area contributed by atoms with Crippen molar-refractivity contribution in [3.05, 3.63) is 76.3 Å². The molecule has 0 radical (unpaired) electrons. The number of aromatic nitrogens is 2. The van der Waals surface area contributed by atoms with E-state index in [1.165, 1.54) is 21.8 Å². The van der Waals surface area contributed by atoms with E-state index in [1.807, 2.05) is 42.5 Å². The van der Waals surface area contributed by atoms with Gasteiger partial charge >= 0.3 is 0 Å². The number of pyridine rings is 1. The topological polar surface area (TPSA) is 75.2 Å². The first kappa shape index (κ1) is 21.6. The fourth-order valence-electron chi connectivity index (χ4n) is 3.44. The van der Waals surface area contributed by atoms with Gasteiger partial charge in [0, 0.05) is 25.0 Å². The van der Waals surface area contributed by atoms with Crippen molar-refractivity contribution in [1.29, 1.82) is 0 Å². The van der Waals surface area contributed by atoms with Gasteiger partial charge in [0.1, 0.15) is 4.88 Å². The molecule has 0 unspecified atom stereocenters. The fraction of sp³-hybridized carbons (Fsp3) is 0.200. The number of fused-ring (bicyclic) bond motifs is 1. The summed E-state index contributed by atoms with van der Waals surface area (Å²) in [7, 11) is 3.38. The average molecular weight is 445 g/mol. The summed E-state index contributed by atoms with van der Waals surface area (Å²) >= 11 is 1.18. The Bertz CT molecular complexity index is 1310. The molecule has 7 heteroatoms. The summed E-state index contributed by atoms with van der Waals surface area (Å²) in [5.74, 6) is -0.416. The number of hydrogen-bond acceptors (Lipinski definition) is 5. The number of thiazole rings is 1. The Kier molecular flexibility index (Phi) is 6.01. The molecule has 2 aromatic heterocycles. The highest BCUT2D eigenvalue weighted by atomic mass is 32.1. The van der Waals surface area contributed by atoms with Crippen LogP contribution < -0.4 is 5.32 Å². The minimum absolute atomic E-state index is 0.132. The second-order valence-corrected chi connectivity index (χ2v) is 8.71. The van der Waals surface area contributed by atoms with Gasteiger partial charge in [-0.3, -0.25) is 14.9 Å². The number of carbonyl (C=O) groups excluding carboxylic acids is 2. The number of nitrogens with zero attached hydrogens (tertiary/aromatic N) is 3. The van der Waals surface area contributed by atoms with E-state index in [0.717, 1.165) is 28.6 Å². The molecule has 0 fully saturated rings. The second kappa shape index (κ2) is 8.88. The van der Waals surface area contributed by atoms with E-state index in [-0.39, 0.29) is 11.8 Å². The number of hydrogen-bond donors (Lipinski definition) is 1. The lowest BCUT2D eigenvalue weighted by Crippen LogP contribution is -2.21. The Morgan fingerprint density at radius 2 is 1.75 bits per heavy atom. The number of carbonyl (C=O) groups is 2. The maximum atomic E-state index is 13.3. The molecule has 0 atom stereocenters. The van der Waals surface area contributed by atoms with E-state index >= 15 is 0 Å². The average Bonchev–Trinajstić information content (AvgIpc) is 3.17. The Morgan fingerprint density at radius 3 is 2.44 bits per heavy atom. The molecule has 4 aromatic rings. The molecule has 0 saturated carbocycles. The summed E-state index contributed by atoms with van der Waals surface area (Å²) in [4.78, 5) is 36.8. The molecule has 1 N–H and O–H groups in total. The van der Waals surface area contributed by atoms with Crippen molar-refractivity contribution in [2.75, 3.05) is 19.4 Å². The molecule has 6 nitrogen and oxygen atoms in total. The maximum Gasteiger partial charge on any atom is 0.265 e. The van der Waals surface area contributed by atoms with Crippen molar-refractivity contribution < 1.29 is 9.59 Å². The summed E-state index contributed by atoms with van der Waals surface area (Å²) < 4.78 is 0. The quantitative estimate of drug-likeness (QED) is 0.460. The first-order chi connectivity index (χ1) is 15.4. The van der Waals surface area contributed by atoms with Crippen LogP contribution in [0.4, 0.5) is 5.13 Å². The molecule has 0 spiro atoms. The van der Waals surface area contributed by atoms with Gasteiger partial charge in [-0.1, -0.05) is 60.7 Å². The summed E-state index contributed by atoms with van der Waals surface area (Å²) in [5, 5.41) is 4.03. The van der Waals surface area contributed by atoms with Gasteiger partial charge < -0.3 is 4.90 Å². The molecule has 0 saturated heterocycles. The molecule has 0 bridgehead atoms. The Morgan fingerprint density at radius 1 is 1.03 bits per heavy atom. The second-order valence-electron chi connectivity index (χ2n) is 7.71. The summed E-state index contributed by atoms with van der Waals surface area (Å²) in [6.45, 7) is 3.88. The van der Waals surface area contributed by atoms with Crippen molar-refractivity contribution in [2.24, 2.45) is 0 Å². The molecule has 0 aliphatic rings. The first-order valence-electron chi connectivity index (χ1n) is 10.4. The molecule has 162 valence electrons. The van der Waals surface area contributed by atoms with Gasteiger partial charge in [-0.2, -0.15) is 0 Å². The van der Waals surface area contributed by atoms with E-state index < -0.39 is 0 Å². The minimum Gasteiger partial charge on any atom is -0.344 e. The zero-order valence-corrected chi connectivity index (χ0v) is 19.3. The number of aryl methyl sites for hydroxylation is 2. The standard InChI is InChI=1S/C25H24N4O2S/c1-5-16-10-12-17(13-11-16)21-14-19(18-8-6-7-9-20(18)27-21)23(30)28-25-26-15(2)22(32-25)24(31)29(3)4/h6-14H,5H2,1-4H3,(H,26,28,30). The first-order valence-corrected chi connectivity index (χ1v) is 11.2. The smallest absolute Gasteiger partial charge is 0.265 e. The number of rotatable bonds is 5. The highest BCUT2D eigenvalue weighted by Gasteiger charge is 2.20. The van der Waals surface area contributed by atoms with Gasteiger partial charge in [0.05, 0.1) is 22.5 Å². The Labute approximate surface area is 190 Å². The normalized spacial score (nSPS) is 10.9. The third kappa shape index (κ3) is 4.24. The van der Waals surface area contributed by atoms with Crippen LogP contribution in [0.25, 0.3) is 22.2 Å². The fourth-order valence-corrected chi connectivity index (χ4v) is 4.42. The molecule has 2 aromatic carbocycles. The predicted octanol–water partition coefficient (Wildman–Crippen LogP) is 5.18. The number of amides is 2. The van der Waals surface area contributed by atoms with Crippen molar-refractivity contribution >= 4 is 39.2 Å². The third-order valence-corrected chi connectivity index (χ3v) is 6.30. The van der Waals surface area contributed by atoms with Crippen LogP contribution in [0, 0.1) is 6.92 Å². The highest BCUT2D eigenvalue weighted by Crippen LogP contribution is 2.28. The molecule has 0 aliphatic heterocycles. The van der Waals surface area contributed by atoms with Crippen LogP contribution in [0.1, 0.15) is 38.2 Å². The van der Waals surface area contributed by atoms with E-state index in [1.54, 1.807) is 21.0 Å². The molecular weight excluding hydrogens is 420 g/mol. The van der Waals surface area contributed by atoms with Crippen molar-refractivity contribution in [3.8, 4) is 11.3 Å². The van der Waals surface area contributed by atoms with Gasteiger partial charge in [-0.15, -0.1) is 0 Å². The number of nitrogens with one attached hydrogen (secondary N) is 1. The zero-order valence-electron chi connectivity index (χ0n) is 18.5. The van der Waals surface area contributed by atoms with Crippen LogP contribution in [0.2, 0.25) is 0 Å². The van der Waals surface area contributed by atoms with E-state index in [4.69, 9.17) is 4.98 Å². The van der Waals surface area contributed by atoms with Crippen LogP contribution in [0.15, 0.2) is 54.6 Å². The van der Waals surface area contributed by atoms with Crippen LogP contribution in [-0.2, 0) is 6.42 Å². The van der Waals surface area contributed by atoms with Crippen LogP contribution in [-0.4, -0.2) is 40.8 Å². The minimum atomic E-state index is -0.285. The molecule has 2 heterocycles. The number of benzene rings is 2. The van der Waals surface area contributed by atoms with Gasteiger partial charge in [0.25, 0.3) is 11.8 Å². The largest absolute Gasteiger partial charge is 0.344 e. The van der Waals surface area contributed by atoms with Crippen LogP contribution >= 0.6 is 11.3 Å². The maximum absolute atomic E-state index is 13.3. The van der Waals surface area contributed by atoms with Crippen molar-refractivity contribution in [2.45, 2.75) is 20.3 Å². The van der Waals surface area contributed by atoms with Gasteiger partial charge in [-0.25, -0.2) is 9.97 Å². The Hall–Kier alpha value is -3.58. The Balaban J connectivity index is 1.72. The van der Waals surface area contributed by atoms with Crippen LogP contribution in [0.5, 0.6) is 0 Å². The molecule has 4 rings (SSSR count). The lowest BCUT2D eigenvalue weighted by molar-refractivity contribution is 0.0831. The van der Waals surface area contributed by atoms with Gasteiger partial charge in [0.15, 0.2) is 5.13 Å². The summed E-state index contributed by atoms with van der Waals surface area (Å²) in [6.07, 6.45) is 0.963. The van der Waals surface area contributed by atoms with E-state index in [0.29, 0.717) is 21.3 Å². The lowest BCUT2D eigenvalue weighted by Gasteiger charge is -2.10. The van der Waals surface area contributed by atoms with E-state index in [9.17, 15) is 9.59 Å². The van der Waals surface area contributed by atoms with E-state index in [2.05, 4.69) is 29.4 Å². The molecule has 2 amide bonds.